The zero-order chi connectivity index (χ0) is 21.8. The molecule has 1 fully saturated rings. The van der Waals surface area contributed by atoms with E-state index in [1.807, 2.05) is 31.3 Å². The number of benzene rings is 2. The fourth-order valence-electron chi connectivity index (χ4n) is 4.38. The summed E-state index contributed by atoms with van der Waals surface area (Å²) in [4.78, 5) is 17.0. The number of carbonyl (C=O) groups is 1. The summed E-state index contributed by atoms with van der Waals surface area (Å²) in [6.07, 6.45) is 2.10. The second-order valence-corrected chi connectivity index (χ2v) is 7.93. The molecule has 7 heteroatoms. The van der Waals surface area contributed by atoms with Crippen LogP contribution < -0.4 is 18.9 Å². The molecule has 7 nitrogen and oxygen atoms in total. The Morgan fingerprint density at radius 3 is 2.71 bits per heavy atom. The van der Waals surface area contributed by atoms with Gasteiger partial charge in [-0.25, -0.2) is 0 Å². The summed E-state index contributed by atoms with van der Waals surface area (Å²) in [5.74, 6) is 3.00. The Kier molecular flexibility index (Phi) is 6.51. The first kappa shape index (κ1) is 21.3. The van der Waals surface area contributed by atoms with Crippen LogP contribution >= 0.6 is 0 Å². The quantitative estimate of drug-likeness (QED) is 0.677. The third kappa shape index (κ3) is 4.56. The number of para-hydroxylation sites is 1. The van der Waals surface area contributed by atoms with E-state index in [1.54, 1.807) is 19.1 Å². The standard InChI is InChI=1S/C24H30N2O5/c1-25(15-18-6-4-8-21(28-2)24(18)29-3)23(27)16-26-11-5-7-19(26)17-9-10-20-22(14-17)31-13-12-30-20/h4,6,8-10,14,19H,5,7,11-13,15-16H2,1-3H3/t19-/m1/s1. The van der Waals surface area contributed by atoms with Crippen molar-refractivity contribution in [1.29, 1.82) is 0 Å². The van der Waals surface area contributed by atoms with Gasteiger partial charge in [-0.1, -0.05) is 18.2 Å². The largest absolute Gasteiger partial charge is 0.493 e. The molecule has 2 heterocycles. The number of fused-ring (bicyclic) bond motifs is 1. The van der Waals surface area contributed by atoms with E-state index in [2.05, 4.69) is 17.0 Å². The van der Waals surface area contributed by atoms with Crippen LogP contribution in [-0.4, -0.2) is 63.3 Å². The topological polar surface area (TPSA) is 60.5 Å². The maximum atomic E-state index is 13.0. The highest BCUT2D eigenvalue weighted by Gasteiger charge is 2.29. The molecule has 4 rings (SSSR count). The van der Waals surface area contributed by atoms with Crippen LogP contribution in [0, 0.1) is 0 Å². The minimum Gasteiger partial charge on any atom is -0.493 e. The number of likely N-dealkylation sites (N-methyl/N-ethyl adjacent to an activating group) is 1. The number of rotatable bonds is 7. The first-order valence-electron chi connectivity index (χ1n) is 10.7. The van der Waals surface area contributed by atoms with Crippen molar-refractivity contribution >= 4 is 5.91 Å². The molecule has 0 bridgehead atoms. The SMILES string of the molecule is COc1cccc(CN(C)C(=O)CN2CCC[C@@H]2c2ccc3c(c2)OCCO3)c1OC. The molecule has 1 atom stereocenters. The third-order valence-electron chi connectivity index (χ3n) is 5.97. The summed E-state index contributed by atoms with van der Waals surface area (Å²) in [6.45, 7) is 2.90. The van der Waals surface area contributed by atoms with Gasteiger partial charge < -0.3 is 23.8 Å². The summed E-state index contributed by atoms with van der Waals surface area (Å²) in [5.41, 5.74) is 2.09. The van der Waals surface area contributed by atoms with E-state index in [1.165, 1.54) is 5.56 Å². The smallest absolute Gasteiger partial charge is 0.236 e. The van der Waals surface area contributed by atoms with Crippen LogP contribution in [0.15, 0.2) is 36.4 Å². The van der Waals surface area contributed by atoms with E-state index >= 15 is 0 Å². The lowest BCUT2D eigenvalue weighted by molar-refractivity contribution is -0.131. The van der Waals surface area contributed by atoms with Crippen LogP contribution in [0.25, 0.3) is 0 Å². The molecule has 0 N–H and O–H groups in total. The van der Waals surface area contributed by atoms with Gasteiger partial charge in [0.15, 0.2) is 23.0 Å². The zero-order valence-corrected chi connectivity index (χ0v) is 18.4. The van der Waals surface area contributed by atoms with Crippen LogP contribution in [-0.2, 0) is 11.3 Å². The van der Waals surface area contributed by atoms with Crippen LogP contribution in [0.3, 0.4) is 0 Å². The normalized spacial score (nSPS) is 18.0. The van der Waals surface area contributed by atoms with Gasteiger partial charge in [-0.2, -0.15) is 0 Å². The summed E-state index contributed by atoms with van der Waals surface area (Å²) in [7, 11) is 5.06. The number of amides is 1. The van der Waals surface area contributed by atoms with E-state index in [0.717, 1.165) is 36.4 Å². The maximum absolute atomic E-state index is 13.0. The molecule has 0 aromatic heterocycles. The lowest BCUT2D eigenvalue weighted by atomic mass is 10.0. The fourth-order valence-corrected chi connectivity index (χ4v) is 4.38. The Morgan fingerprint density at radius 2 is 1.94 bits per heavy atom. The first-order chi connectivity index (χ1) is 15.1. The molecule has 0 unspecified atom stereocenters. The van der Waals surface area contributed by atoms with E-state index < -0.39 is 0 Å². The lowest BCUT2D eigenvalue weighted by Crippen LogP contribution is -2.38. The molecular weight excluding hydrogens is 396 g/mol. The van der Waals surface area contributed by atoms with Crippen LogP contribution in [0.2, 0.25) is 0 Å². The second kappa shape index (κ2) is 9.47. The number of ether oxygens (including phenoxy) is 4. The van der Waals surface area contributed by atoms with Gasteiger partial charge in [0.1, 0.15) is 13.2 Å². The van der Waals surface area contributed by atoms with Crippen molar-refractivity contribution in [3.05, 3.63) is 47.5 Å². The van der Waals surface area contributed by atoms with Crippen molar-refractivity contribution in [1.82, 2.24) is 9.80 Å². The number of hydrogen-bond acceptors (Lipinski definition) is 6. The Balaban J connectivity index is 1.43. The Labute approximate surface area is 183 Å². The van der Waals surface area contributed by atoms with Crippen molar-refractivity contribution in [3.8, 4) is 23.0 Å². The number of methoxy groups -OCH3 is 2. The molecule has 1 amide bonds. The van der Waals surface area contributed by atoms with E-state index in [4.69, 9.17) is 18.9 Å². The van der Waals surface area contributed by atoms with Crippen LogP contribution in [0.4, 0.5) is 0 Å². The number of hydrogen-bond donors (Lipinski definition) is 0. The van der Waals surface area contributed by atoms with Crippen molar-refractivity contribution in [2.45, 2.75) is 25.4 Å². The van der Waals surface area contributed by atoms with E-state index in [-0.39, 0.29) is 11.9 Å². The minimum absolute atomic E-state index is 0.0781. The van der Waals surface area contributed by atoms with E-state index in [0.29, 0.717) is 37.8 Å². The van der Waals surface area contributed by atoms with Crippen molar-refractivity contribution < 1.29 is 23.7 Å². The van der Waals surface area contributed by atoms with Gasteiger partial charge in [-0.3, -0.25) is 9.69 Å². The molecule has 2 aromatic carbocycles. The van der Waals surface area contributed by atoms with Crippen molar-refractivity contribution in [2.24, 2.45) is 0 Å². The molecule has 0 spiro atoms. The van der Waals surface area contributed by atoms with E-state index in [9.17, 15) is 4.79 Å². The molecular formula is C24H30N2O5. The summed E-state index contributed by atoms with van der Waals surface area (Å²) in [6, 6.07) is 12.1. The Morgan fingerprint density at radius 1 is 1.13 bits per heavy atom. The van der Waals surface area contributed by atoms with Crippen molar-refractivity contribution in [2.75, 3.05) is 47.6 Å². The predicted molar refractivity (Wildman–Crippen MR) is 117 cm³/mol. The van der Waals surface area contributed by atoms with Crippen LogP contribution in [0.5, 0.6) is 23.0 Å². The monoisotopic (exact) mass is 426 g/mol. The average Bonchev–Trinajstić information content (AvgIpc) is 3.26. The molecule has 2 aliphatic rings. The summed E-state index contributed by atoms with van der Waals surface area (Å²) in [5, 5.41) is 0. The highest BCUT2D eigenvalue weighted by molar-refractivity contribution is 5.78. The zero-order valence-electron chi connectivity index (χ0n) is 18.4. The molecule has 1 saturated heterocycles. The van der Waals surface area contributed by atoms with Crippen LogP contribution in [0.1, 0.15) is 30.0 Å². The summed E-state index contributed by atoms with van der Waals surface area (Å²) >= 11 is 0. The molecule has 166 valence electrons. The van der Waals surface area contributed by atoms with Gasteiger partial charge in [0.25, 0.3) is 0 Å². The molecule has 0 saturated carbocycles. The Hall–Kier alpha value is -2.93. The lowest BCUT2D eigenvalue weighted by Gasteiger charge is -2.28. The number of carbonyl (C=O) groups excluding carboxylic acids is 1. The highest BCUT2D eigenvalue weighted by atomic mass is 16.6. The first-order valence-corrected chi connectivity index (χ1v) is 10.7. The molecule has 2 aliphatic heterocycles. The van der Waals surface area contributed by atoms with Gasteiger partial charge in [0, 0.05) is 25.2 Å². The number of nitrogens with zero attached hydrogens (tertiary/aromatic N) is 2. The minimum atomic E-state index is 0.0781. The van der Waals surface area contributed by atoms with Gasteiger partial charge >= 0.3 is 0 Å². The molecule has 0 radical (unpaired) electrons. The highest BCUT2D eigenvalue weighted by Crippen LogP contribution is 2.38. The average molecular weight is 427 g/mol. The molecule has 2 aromatic rings. The summed E-state index contributed by atoms with van der Waals surface area (Å²) < 4.78 is 22.3. The third-order valence-corrected chi connectivity index (χ3v) is 5.97. The van der Waals surface area contributed by atoms with Gasteiger partial charge in [-0.15, -0.1) is 0 Å². The second-order valence-electron chi connectivity index (χ2n) is 7.93. The van der Waals surface area contributed by atoms with Gasteiger partial charge in [0.2, 0.25) is 5.91 Å². The number of likely N-dealkylation sites (tertiary alicyclic amines) is 1. The van der Waals surface area contributed by atoms with Gasteiger partial charge in [0.05, 0.1) is 20.8 Å². The maximum Gasteiger partial charge on any atom is 0.236 e. The molecule has 31 heavy (non-hydrogen) atoms. The predicted octanol–water partition coefficient (Wildman–Crippen LogP) is 3.27. The molecule has 0 aliphatic carbocycles. The van der Waals surface area contributed by atoms with Crippen molar-refractivity contribution in [3.63, 3.8) is 0 Å². The van der Waals surface area contributed by atoms with Gasteiger partial charge in [-0.05, 0) is 43.1 Å². The Bertz CT molecular complexity index is 932. The fraction of sp³-hybridized carbons (Fsp3) is 0.458.